The number of rotatable bonds is 2. The lowest BCUT2D eigenvalue weighted by atomic mass is 9.49. The minimum absolute atomic E-state index is 0.124. The number of aromatic nitrogens is 1. The van der Waals surface area contributed by atoms with E-state index in [2.05, 4.69) is 35.2 Å². The van der Waals surface area contributed by atoms with Gasteiger partial charge in [-0.2, -0.15) is 0 Å². The molecule has 3 aromatic rings. The van der Waals surface area contributed by atoms with Crippen molar-refractivity contribution >= 4 is 10.9 Å². The lowest BCUT2D eigenvalue weighted by Gasteiger charge is -2.63. The summed E-state index contributed by atoms with van der Waals surface area (Å²) in [4.78, 5) is 7.65. The molecule has 2 N–H and O–H groups in total. The largest absolute Gasteiger partial charge is 0.508 e. The maximum atomic E-state index is 12.6. The number of fused-ring (bicyclic) bond motifs is 3. The number of aliphatic hydroxyl groups is 1. The second-order valence-corrected chi connectivity index (χ2v) is 10.4. The third kappa shape index (κ3) is 2.46. The molecule has 158 valence electrons. The molecule has 1 aliphatic heterocycles. The van der Waals surface area contributed by atoms with E-state index in [0.29, 0.717) is 12.2 Å². The van der Waals surface area contributed by atoms with Crippen LogP contribution in [0.25, 0.3) is 10.9 Å². The molecule has 3 aliphatic carbocycles. The number of aromatic hydroxyl groups is 1. The molecule has 2 heterocycles. The van der Waals surface area contributed by atoms with Crippen LogP contribution < -0.4 is 0 Å². The van der Waals surface area contributed by atoms with Crippen LogP contribution in [0.2, 0.25) is 0 Å². The van der Waals surface area contributed by atoms with Gasteiger partial charge in [-0.1, -0.05) is 24.3 Å². The van der Waals surface area contributed by atoms with Gasteiger partial charge in [-0.25, -0.2) is 0 Å². The molecule has 0 amide bonds. The lowest BCUT2D eigenvalue weighted by molar-refractivity contribution is -0.152. The average Bonchev–Trinajstić information content (AvgIpc) is 3.57. The van der Waals surface area contributed by atoms with E-state index >= 15 is 0 Å². The molecule has 1 saturated heterocycles. The first-order valence-electron chi connectivity index (χ1n) is 11.7. The average molecular weight is 413 g/mol. The number of phenolic OH excluding ortho intramolecular Hbond substituents is 1. The fourth-order valence-electron chi connectivity index (χ4n) is 6.95. The van der Waals surface area contributed by atoms with Crippen molar-refractivity contribution in [3.8, 4) is 5.75 Å². The first-order chi connectivity index (χ1) is 15.1. The van der Waals surface area contributed by atoms with Crippen molar-refractivity contribution in [2.24, 2.45) is 5.92 Å². The van der Waals surface area contributed by atoms with E-state index in [1.54, 1.807) is 0 Å². The second-order valence-electron chi connectivity index (χ2n) is 10.4. The Morgan fingerprint density at radius 1 is 1.03 bits per heavy atom. The Kier molecular flexibility index (Phi) is 3.57. The van der Waals surface area contributed by atoms with Crippen LogP contribution >= 0.6 is 0 Å². The highest BCUT2D eigenvalue weighted by Gasteiger charge is 2.64. The molecule has 3 atom stereocenters. The number of nitrogens with zero attached hydrogens (tertiary/aromatic N) is 2. The van der Waals surface area contributed by atoms with Gasteiger partial charge in [-0.05, 0) is 79.1 Å². The van der Waals surface area contributed by atoms with Crippen LogP contribution in [-0.4, -0.2) is 44.8 Å². The monoisotopic (exact) mass is 412 g/mol. The Balaban J connectivity index is 1.44. The molecule has 31 heavy (non-hydrogen) atoms. The smallest absolute Gasteiger partial charge is 0.115 e. The third-order valence-corrected chi connectivity index (χ3v) is 8.68. The Morgan fingerprint density at radius 3 is 2.77 bits per heavy atom. The fourth-order valence-corrected chi connectivity index (χ4v) is 6.95. The molecule has 4 nitrogen and oxygen atoms in total. The fraction of sp³-hybridized carbons (Fsp3) is 0.444. The summed E-state index contributed by atoms with van der Waals surface area (Å²) in [5, 5.41) is 24.1. The predicted octanol–water partition coefficient (Wildman–Crippen LogP) is 3.75. The van der Waals surface area contributed by atoms with Crippen LogP contribution in [0.4, 0.5) is 0 Å². The molecule has 1 aromatic heterocycles. The molecule has 1 saturated carbocycles. The maximum Gasteiger partial charge on any atom is 0.115 e. The molecule has 4 heteroatoms. The molecule has 2 bridgehead atoms. The number of pyridine rings is 1. The summed E-state index contributed by atoms with van der Waals surface area (Å²) in [5.74, 6) is 1.10. The first kappa shape index (κ1) is 18.2. The number of hydrogen-bond donors (Lipinski definition) is 2. The zero-order valence-electron chi connectivity index (χ0n) is 17.7. The molecule has 2 fully saturated rings. The van der Waals surface area contributed by atoms with Crippen LogP contribution in [0.5, 0.6) is 5.75 Å². The van der Waals surface area contributed by atoms with Crippen molar-refractivity contribution < 1.29 is 10.2 Å². The molecule has 0 radical (unpaired) electrons. The Morgan fingerprint density at radius 2 is 1.90 bits per heavy atom. The number of benzene rings is 2. The van der Waals surface area contributed by atoms with E-state index in [9.17, 15) is 10.2 Å². The highest BCUT2D eigenvalue weighted by molar-refractivity contribution is 5.79. The van der Waals surface area contributed by atoms with E-state index in [-0.39, 0.29) is 11.5 Å². The predicted molar refractivity (Wildman–Crippen MR) is 120 cm³/mol. The zero-order chi connectivity index (χ0) is 20.8. The van der Waals surface area contributed by atoms with E-state index in [0.717, 1.165) is 60.4 Å². The van der Waals surface area contributed by atoms with Gasteiger partial charge in [0.15, 0.2) is 0 Å². The van der Waals surface area contributed by atoms with Gasteiger partial charge in [0.05, 0.1) is 11.1 Å². The Bertz CT molecular complexity index is 1220. The van der Waals surface area contributed by atoms with Gasteiger partial charge in [0.25, 0.3) is 0 Å². The summed E-state index contributed by atoms with van der Waals surface area (Å²) in [6.45, 7) is 2.13. The van der Waals surface area contributed by atoms with Gasteiger partial charge in [-0.3, -0.25) is 9.88 Å². The van der Waals surface area contributed by atoms with Crippen molar-refractivity contribution in [3.63, 3.8) is 0 Å². The van der Waals surface area contributed by atoms with Crippen LogP contribution in [0.1, 0.15) is 41.6 Å². The molecule has 7 rings (SSSR count). The van der Waals surface area contributed by atoms with E-state index in [1.807, 2.05) is 18.2 Å². The van der Waals surface area contributed by atoms with Gasteiger partial charge in [-0.15, -0.1) is 0 Å². The standard InChI is InChI=1S/C27H28N2O2/c30-21-8-7-18-12-25-27(31)14-20-11-19-3-1-2-4-23(19)28-24(20)15-26(27,22(18)13-21)9-10-29(25)16-17-5-6-17/h1-4,7-8,11,13,17,25,30-31H,5-6,9-10,12,14-16H2. The van der Waals surface area contributed by atoms with Gasteiger partial charge < -0.3 is 10.2 Å². The van der Waals surface area contributed by atoms with Gasteiger partial charge >= 0.3 is 0 Å². The summed E-state index contributed by atoms with van der Waals surface area (Å²) >= 11 is 0. The first-order valence-corrected chi connectivity index (χ1v) is 11.7. The van der Waals surface area contributed by atoms with Crippen molar-refractivity contribution in [3.05, 3.63) is 70.9 Å². The molecular formula is C27H28N2O2. The second kappa shape index (κ2) is 6.08. The van der Waals surface area contributed by atoms with Crippen molar-refractivity contribution in [1.82, 2.24) is 9.88 Å². The van der Waals surface area contributed by atoms with Crippen LogP contribution in [0.3, 0.4) is 0 Å². The zero-order valence-corrected chi connectivity index (χ0v) is 17.7. The van der Waals surface area contributed by atoms with Crippen LogP contribution in [0, 0.1) is 5.92 Å². The summed E-state index contributed by atoms with van der Waals surface area (Å²) in [5.41, 5.74) is 4.56. The number of para-hydroxylation sites is 1. The van der Waals surface area contributed by atoms with Gasteiger partial charge in [0, 0.05) is 41.9 Å². The van der Waals surface area contributed by atoms with Crippen LogP contribution in [-0.2, 0) is 24.7 Å². The summed E-state index contributed by atoms with van der Waals surface area (Å²) < 4.78 is 0. The molecular weight excluding hydrogens is 384 g/mol. The SMILES string of the molecule is Oc1ccc2c(c1)C13CCN(CC4CC4)C(C2)C1(O)Cc1cc2ccccc2nc1C3. The molecule has 2 aromatic carbocycles. The molecule has 0 spiro atoms. The quantitative estimate of drug-likeness (QED) is 0.673. The van der Waals surface area contributed by atoms with Gasteiger partial charge in [0.2, 0.25) is 0 Å². The highest BCUT2D eigenvalue weighted by Crippen LogP contribution is 2.57. The normalized spacial score (nSPS) is 31.7. The summed E-state index contributed by atoms with van der Waals surface area (Å²) in [6.07, 6.45) is 5.81. The number of hydrogen-bond acceptors (Lipinski definition) is 4. The van der Waals surface area contributed by atoms with Crippen LogP contribution in [0.15, 0.2) is 48.5 Å². The van der Waals surface area contributed by atoms with E-state index in [1.165, 1.54) is 24.0 Å². The van der Waals surface area contributed by atoms with E-state index in [4.69, 9.17) is 4.98 Å². The van der Waals surface area contributed by atoms with Crippen molar-refractivity contribution in [2.45, 2.75) is 55.6 Å². The summed E-state index contributed by atoms with van der Waals surface area (Å²) in [7, 11) is 0. The number of likely N-dealkylation sites (tertiary alicyclic amines) is 1. The van der Waals surface area contributed by atoms with Crippen molar-refractivity contribution in [1.29, 1.82) is 0 Å². The Hall–Kier alpha value is -2.43. The minimum atomic E-state index is -0.835. The lowest BCUT2D eigenvalue weighted by Crippen LogP contribution is -2.74. The number of phenols is 1. The maximum absolute atomic E-state index is 12.6. The Labute approximate surface area is 182 Å². The minimum Gasteiger partial charge on any atom is -0.508 e. The highest BCUT2D eigenvalue weighted by atomic mass is 16.3. The topological polar surface area (TPSA) is 56.6 Å². The van der Waals surface area contributed by atoms with E-state index < -0.39 is 5.60 Å². The van der Waals surface area contributed by atoms with Gasteiger partial charge in [0.1, 0.15) is 5.75 Å². The summed E-state index contributed by atoms with van der Waals surface area (Å²) in [6, 6.07) is 16.5. The number of piperidine rings is 1. The third-order valence-electron chi connectivity index (χ3n) is 8.68. The molecule has 3 unspecified atom stereocenters. The van der Waals surface area contributed by atoms with Crippen molar-refractivity contribution in [2.75, 3.05) is 13.1 Å². The molecule has 4 aliphatic rings.